The molecule has 1 aliphatic heterocycles. The minimum Gasteiger partial charge on any atom is -0.465 e. The smallest absolute Gasteiger partial charge is 0.316 e. The second-order valence-electron chi connectivity index (χ2n) is 3.59. The molecule has 15 heavy (non-hydrogen) atoms. The number of hydrogen-bond donors (Lipinski definition) is 0. The van der Waals surface area contributed by atoms with Gasteiger partial charge in [-0.05, 0) is 12.8 Å². The van der Waals surface area contributed by atoms with Gasteiger partial charge in [0.25, 0.3) is 0 Å². The van der Waals surface area contributed by atoms with Crippen molar-refractivity contribution >= 4 is 11.8 Å². The maximum atomic E-state index is 11.9. The summed E-state index contributed by atoms with van der Waals surface area (Å²) < 4.78 is 4.87. The van der Waals surface area contributed by atoms with Crippen LogP contribution in [0, 0.1) is 5.92 Å². The third kappa shape index (κ3) is 2.06. The number of rotatable bonds is 2. The largest absolute Gasteiger partial charge is 0.465 e. The number of esters is 1. The molecule has 3 heteroatoms. The van der Waals surface area contributed by atoms with E-state index >= 15 is 0 Å². The lowest BCUT2D eigenvalue weighted by Gasteiger charge is -2.19. The number of carbonyl (C=O) groups is 2. The summed E-state index contributed by atoms with van der Waals surface area (Å²) in [5, 5.41) is 0. The van der Waals surface area contributed by atoms with Gasteiger partial charge in [-0.1, -0.05) is 30.3 Å². The highest BCUT2D eigenvalue weighted by Gasteiger charge is 2.31. The summed E-state index contributed by atoms with van der Waals surface area (Å²) in [6.45, 7) is 0.442. The van der Waals surface area contributed by atoms with Crippen LogP contribution in [0.5, 0.6) is 0 Å². The predicted octanol–water partition coefficient (Wildman–Crippen LogP) is 1.82. The first kappa shape index (κ1) is 9.90. The van der Waals surface area contributed by atoms with Crippen molar-refractivity contribution in [1.82, 2.24) is 0 Å². The Bertz CT molecular complexity index is 370. The van der Waals surface area contributed by atoms with Gasteiger partial charge >= 0.3 is 5.97 Å². The molecule has 1 aliphatic rings. The van der Waals surface area contributed by atoms with E-state index < -0.39 is 5.92 Å². The molecular formula is C12H12O3. The van der Waals surface area contributed by atoms with Crippen LogP contribution in [0.2, 0.25) is 0 Å². The number of ether oxygens (including phenoxy) is 1. The Morgan fingerprint density at radius 3 is 2.67 bits per heavy atom. The van der Waals surface area contributed by atoms with Crippen molar-refractivity contribution in [2.24, 2.45) is 5.92 Å². The number of Topliss-reactive ketones (excluding diaryl/α,β-unsaturated/α-hetero) is 1. The highest BCUT2D eigenvalue weighted by Crippen LogP contribution is 2.19. The molecule has 78 valence electrons. The molecule has 0 saturated carbocycles. The van der Waals surface area contributed by atoms with E-state index in [1.54, 1.807) is 24.3 Å². The Labute approximate surface area is 88.1 Å². The van der Waals surface area contributed by atoms with E-state index in [0.29, 0.717) is 18.6 Å². The molecule has 0 bridgehead atoms. The second-order valence-corrected chi connectivity index (χ2v) is 3.59. The predicted molar refractivity (Wildman–Crippen MR) is 54.5 cm³/mol. The molecule has 1 aromatic carbocycles. The molecule has 1 saturated heterocycles. The first-order valence-electron chi connectivity index (χ1n) is 5.05. The van der Waals surface area contributed by atoms with Gasteiger partial charge in [0.05, 0.1) is 6.61 Å². The molecule has 0 spiro atoms. The molecule has 0 aliphatic carbocycles. The highest BCUT2D eigenvalue weighted by atomic mass is 16.5. The summed E-state index contributed by atoms with van der Waals surface area (Å²) in [5.74, 6) is -1.10. The van der Waals surface area contributed by atoms with Crippen LogP contribution in [0.1, 0.15) is 23.2 Å². The lowest BCUT2D eigenvalue weighted by atomic mass is 9.92. The van der Waals surface area contributed by atoms with Gasteiger partial charge in [0.15, 0.2) is 5.78 Å². The third-order valence-electron chi connectivity index (χ3n) is 2.54. The zero-order valence-electron chi connectivity index (χ0n) is 8.31. The number of cyclic esters (lactones) is 1. The molecule has 1 fully saturated rings. The lowest BCUT2D eigenvalue weighted by Crippen LogP contribution is -2.30. The van der Waals surface area contributed by atoms with Gasteiger partial charge in [-0.2, -0.15) is 0 Å². The maximum Gasteiger partial charge on any atom is 0.316 e. The van der Waals surface area contributed by atoms with Crippen molar-refractivity contribution in [2.75, 3.05) is 6.61 Å². The minimum absolute atomic E-state index is 0.125. The van der Waals surface area contributed by atoms with E-state index in [1.165, 1.54) is 0 Å². The molecule has 0 N–H and O–H groups in total. The summed E-state index contributed by atoms with van der Waals surface area (Å²) in [7, 11) is 0. The summed E-state index contributed by atoms with van der Waals surface area (Å²) in [6.07, 6.45) is 1.38. The van der Waals surface area contributed by atoms with E-state index in [0.717, 1.165) is 6.42 Å². The molecule has 0 amide bonds. The fourth-order valence-electron chi connectivity index (χ4n) is 1.72. The molecule has 0 aromatic heterocycles. The summed E-state index contributed by atoms with van der Waals surface area (Å²) in [4.78, 5) is 23.3. The van der Waals surface area contributed by atoms with Crippen LogP contribution < -0.4 is 0 Å². The van der Waals surface area contributed by atoms with Crippen LogP contribution in [0.25, 0.3) is 0 Å². The number of hydrogen-bond acceptors (Lipinski definition) is 3. The average Bonchev–Trinajstić information content (AvgIpc) is 2.30. The van der Waals surface area contributed by atoms with Gasteiger partial charge < -0.3 is 4.74 Å². The lowest BCUT2D eigenvalue weighted by molar-refractivity contribution is -0.150. The molecular weight excluding hydrogens is 192 g/mol. The Morgan fingerprint density at radius 1 is 1.27 bits per heavy atom. The van der Waals surface area contributed by atoms with Crippen LogP contribution in [0.15, 0.2) is 30.3 Å². The van der Waals surface area contributed by atoms with Crippen LogP contribution >= 0.6 is 0 Å². The average molecular weight is 204 g/mol. The van der Waals surface area contributed by atoms with Crippen molar-refractivity contribution in [3.63, 3.8) is 0 Å². The summed E-state index contributed by atoms with van der Waals surface area (Å²) in [6, 6.07) is 8.88. The molecule has 1 atom stereocenters. The molecule has 1 aromatic rings. The fraction of sp³-hybridized carbons (Fsp3) is 0.333. The van der Waals surface area contributed by atoms with Crippen molar-refractivity contribution in [2.45, 2.75) is 12.8 Å². The number of carbonyl (C=O) groups excluding carboxylic acids is 2. The van der Waals surface area contributed by atoms with Crippen molar-refractivity contribution in [1.29, 1.82) is 0 Å². The zero-order valence-corrected chi connectivity index (χ0v) is 8.31. The topological polar surface area (TPSA) is 43.4 Å². The Hall–Kier alpha value is -1.64. The van der Waals surface area contributed by atoms with Crippen LogP contribution in [-0.4, -0.2) is 18.4 Å². The van der Waals surface area contributed by atoms with Gasteiger partial charge in [0.1, 0.15) is 5.92 Å². The maximum absolute atomic E-state index is 11.9. The van der Waals surface area contributed by atoms with E-state index in [1.807, 2.05) is 6.07 Å². The molecule has 1 heterocycles. The normalized spacial score (nSPS) is 20.8. The van der Waals surface area contributed by atoms with Crippen LogP contribution in [-0.2, 0) is 9.53 Å². The van der Waals surface area contributed by atoms with E-state index in [2.05, 4.69) is 0 Å². The van der Waals surface area contributed by atoms with Gasteiger partial charge in [-0.15, -0.1) is 0 Å². The number of ketones is 1. The van der Waals surface area contributed by atoms with Gasteiger partial charge in [-0.25, -0.2) is 0 Å². The van der Waals surface area contributed by atoms with Crippen LogP contribution in [0.3, 0.4) is 0 Å². The monoisotopic (exact) mass is 204 g/mol. The minimum atomic E-state index is -0.596. The number of benzene rings is 1. The standard InChI is InChI=1S/C12H12O3/c13-11(9-5-2-1-3-6-9)10-7-4-8-15-12(10)14/h1-3,5-6,10H,4,7-8H2. The van der Waals surface area contributed by atoms with Crippen molar-refractivity contribution in [3.05, 3.63) is 35.9 Å². The van der Waals surface area contributed by atoms with Crippen molar-refractivity contribution < 1.29 is 14.3 Å². The third-order valence-corrected chi connectivity index (χ3v) is 2.54. The zero-order chi connectivity index (χ0) is 10.7. The summed E-state index contributed by atoms with van der Waals surface area (Å²) in [5.41, 5.74) is 0.585. The van der Waals surface area contributed by atoms with Gasteiger partial charge in [0.2, 0.25) is 0 Å². The Balaban J connectivity index is 2.17. The SMILES string of the molecule is O=C1OCCCC1C(=O)c1ccccc1. The van der Waals surface area contributed by atoms with Crippen molar-refractivity contribution in [3.8, 4) is 0 Å². The fourth-order valence-corrected chi connectivity index (χ4v) is 1.72. The van der Waals surface area contributed by atoms with E-state index in [-0.39, 0.29) is 11.8 Å². The molecule has 2 rings (SSSR count). The molecule has 3 nitrogen and oxygen atoms in total. The first-order chi connectivity index (χ1) is 7.29. The van der Waals surface area contributed by atoms with E-state index in [9.17, 15) is 9.59 Å². The Morgan fingerprint density at radius 2 is 2.00 bits per heavy atom. The highest BCUT2D eigenvalue weighted by molar-refractivity contribution is 6.08. The second kappa shape index (κ2) is 4.26. The molecule has 0 radical (unpaired) electrons. The first-order valence-corrected chi connectivity index (χ1v) is 5.05. The molecule has 1 unspecified atom stereocenters. The summed E-state index contributed by atoms with van der Waals surface area (Å²) >= 11 is 0. The quantitative estimate of drug-likeness (QED) is 0.419. The Kier molecular flexibility index (Phi) is 2.81. The van der Waals surface area contributed by atoms with E-state index in [4.69, 9.17) is 4.74 Å². The van der Waals surface area contributed by atoms with Crippen LogP contribution in [0.4, 0.5) is 0 Å². The van der Waals surface area contributed by atoms with Gasteiger partial charge in [0, 0.05) is 5.56 Å². The van der Waals surface area contributed by atoms with Gasteiger partial charge in [-0.3, -0.25) is 9.59 Å².